The summed E-state index contributed by atoms with van der Waals surface area (Å²) < 4.78 is 22.3. The van der Waals surface area contributed by atoms with E-state index in [0.29, 0.717) is 0 Å². The number of primary sulfonamides is 1. The van der Waals surface area contributed by atoms with Gasteiger partial charge in [-0.3, -0.25) is 4.79 Å². The lowest BCUT2D eigenvalue weighted by Crippen LogP contribution is -2.14. The number of anilines is 1. The Hall–Kier alpha value is -1.48. The van der Waals surface area contributed by atoms with Crippen molar-refractivity contribution in [3.05, 3.63) is 39.3 Å². The van der Waals surface area contributed by atoms with Crippen LogP contribution in [0.5, 0.6) is 0 Å². The molecule has 0 spiro atoms. The van der Waals surface area contributed by atoms with E-state index in [9.17, 15) is 13.2 Å². The van der Waals surface area contributed by atoms with Gasteiger partial charge in [0.2, 0.25) is 10.0 Å². The normalized spacial score (nSPS) is 11.3. The number of hydrogen-bond donors (Lipinski definition) is 2. The van der Waals surface area contributed by atoms with Gasteiger partial charge in [-0.1, -0.05) is 11.6 Å². The maximum Gasteiger partial charge on any atom is 0.275 e. The van der Waals surface area contributed by atoms with Gasteiger partial charge < -0.3 is 5.32 Å². The Kier molecular flexibility index (Phi) is 4.09. The number of nitrogens with zero attached hydrogens (tertiary/aromatic N) is 1. The monoisotopic (exact) mass is 331 g/mol. The van der Waals surface area contributed by atoms with Gasteiger partial charge in [-0.15, -0.1) is 11.3 Å². The van der Waals surface area contributed by atoms with E-state index in [1.165, 1.54) is 29.5 Å². The number of aromatic nitrogens is 1. The minimum absolute atomic E-state index is 0.0804. The van der Waals surface area contributed by atoms with Crippen molar-refractivity contribution in [3.8, 4) is 0 Å². The van der Waals surface area contributed by atoms with Gasteiger partial charge in [-0.05, 0) is 25.1 Å². The predicted molar refractivity (Wildman–Crippen MR) is 77.6 cm³/mol. The molecule has 0 bridgehead atoms. The largest absolute Gasteiger partial charge is 0.319 e. The molecule has 1 heterocycles. The highest BCUT2D eigenvalue weighted by molar-refractivity contribution is 7.89. The molecule has 0 aliphatic rings. The highest BCUT2D eigenvalue weighted by Crippen LogP contribution is 2.25. The summed E-state index contributed by atoms with van der Waals surface area (Å²) in [5, 5.41) is 10.0. The first-order valence-corrected chi connectivity index (χ1v) is 8.13. The third kappa shape index (κ3) is 3.34. The Morgan fingerprint density at radius 2 is 2.15 bits per heavy atom. The van der Waals surface area contributed by atoms with Crippen LogP contribution < -0.4 is 10.5 Å². The molecule has 0 atom stereocenters. The minimum Gasteiger partial charge on any atom is -0.319 e. The number of thiazole rings is 1. The third-order valence-electron chi connectivity index (χ3n) is 2.37. The van der Waals surface area contributed by atoms with Crippen LogP contribution in [0.2, 0.25) is 5.02 Å². The zero-order chi connectivity index (χ0) is 14.9. The maximum absolute atomic E-state index is 11.9. The zero-order valence-corrected chi connectivity index (χ0v) is 12.6. The fourth-order valence-electron chi connectivity index (χ4n) is 1.43. The number of rotatable bonds is 3. The number of halogens is 1. The van der Waals surface area contributed by atoms with Crippen molar-refractivity contribution < 1.29 is 13.2 Å². The second-order valence-electron chi connectivity index (χ2n) is 3.89. The van der Waals surface area contributed by atoms with Crippen LogP contribution in [-0.4, -0.2) is 19.3 Å². The molecule has 1 aromatic carbocycles. The Labute approximate surface area is 124 Å². The standard InChI is InChI=1S/C11H10ClN3O3S2/c1-6-14-10(5-19-6)11(16)15-9-3-2-7(4-8(9)12)20(13,17)18/h2-5H,1H3,(H,15,16)(H2,13,17,18). The summed E-state index contributed by atoms with van der Waals surface area (Å²) in [6, 6.07) is 3.82. The van der Waals surface area contributed by atoms with Crippen LogP contribution >= 0.6 is 22.9 Å². The van der Waals surface area contributed by atoms with E-state index in [1.54, 1.807) is 12.3 Å². The van der Waals surface area contributed by atoms with Crippen LogP contribution in [0.1, 0.15) is 15.5 Å². The summed E-state index contributed by atoms with van der Waals surface area (Å²) in [5.74, 6) is -0.417. The Morgan fingerprint density at radius 3 is 2.65 bits per heavy atom. The Bertz CT molecular complexity index is 771. The summed E-state index contributed by atoms with van der Waals surface area (Å²) >= 11 is 7.27. The van der Waals surface area contributed by atoms with Crippen LogP contribution in [0.3, 0.4) is 0 Å². The van der Waals surface area contributed by atoms with Crippen molar-refractivity contribution in [2.45, 2.75) is 11.8 Å². The molecule has 1 amide bonds. The van der Waals surface area contributed by atoms with E-state index < -0.39 is 15.9 Å². The lowest BCUT2D eigenvalue weighted by molar-refractivity contribution is 0.102. The number of benzene rings is 1. The second kappa shape index (κ2) is 5.49. The Morgan fingerprint density at radius 1 is 1.45 bits per heavy atom. The fraction of sp³-hybridized carbons (Fsp3) is 0.0909. The molecule has 2 rings (SSSR count). The van der Waals surface area contributed by atoms with Crippen molar-refractivity contribution in [1.29, 1.82) is 0 Å². The van der Waals surface area contributed by atoms with E-state index in [-0.39, 0.29) is 21.3 Å². The predicted octanol–water partition coefficient (Wildman–Crippen LogP) is 2.00. The van der Waals surface area contributed by atoms with Crippen molar-refractivity contribution in [3.63, 3.8) is 0 Å². The van der Waals surface area contributed by atoms with E-state index >= 15 is 0 Å². The molecule has 0 saturated heterocycles. The number of sulfonamides is 1. The molecular weight excluding hydrogens is 322 g/mol. The molecule has 0 fully saturated rings. The average molecular weight is 332 g/mol. The van der Waals surface area contributed by atoms with Crippen LogP contribution in [0.25, 0.3) is 0 Å². The fourth-order valence-corrected chi connectivity index (χ4v) is 2.85. The van der Waals surface area contributed by atoms with Crippen molar-refractivity contribution in [1.82, 2.24) is 4.98 Å². The molecule has 20 heavy (non-hydrogen) atoms. The molecule has 0 saturated carbocycles. The number of carbonyl (C=O) groups excluding carboxylic acids is 1. The van der Waals surface area contributed by atoms with E-state index in [0.717, 1.165) is 5.01 Å². The van der Waals surface area contributed by atoms with Crippen molar-refractivity contribution in [2.24, 2.45) is 5.14 Å². The van der Waals surface area contributed by atoms with Gasteiger partial charge in [-0.2, -0.15) is 0 Å². The summed E-state index contributed by atoms with van der Waals surface area (Å²) in [6.07, 6.45) is 0. The molecular formula is C11H10ClN3O3S2. The minimum atomic E-state index is -3.83. The third-order valence-corrected chi connectivity index (χ3v) is 4.37. The first-order valence-electron chi connectivity index (χ1n) is 5.33. The van der Waals surface area contributed by atoms with Crippen LogP contribution in [0, 0.1) is 6.92 Å². The number of carbonyl (C=O) groups is 1. The van der Waals surface area contributed by atoms with E-state index in [2.05, 4.69) is 10.3 Å². The maximum atomic E-state index is 11.9. The quantitative estimate of drug-likeness (QED) is 0.897. The topological polar surface area (TPSA) is 102 Å². The molecule has 6 nitrogen and oxygen atoms in total. The molecule has 0 aliphatic carbocycles. The number of nitrogens with one attached hydrogen (secondary N) is 1. The molecule has 9 heteroatoms. The average Bonchev–Trinajstić information content (AvgIpc) is 2.77. The number of amides is 1. The van der Waals surface area contributed by atoms with E-state index in [4.69, 9.17) is 16.7 Å². The molecule has 0 radical (unpaired) electrons. The summed E-state index contributed by atoms with van der Waals surface area (Å²) in [5.41, 5.74) is 0.564. The number of aryl methyl sites for hydroxylation is 1. The Balaban J connectivity index is 2.25. The van der Waals surface area contributed by atoms with Gasteiger partial charge in [0.15, 0.2) is 0 Å². The van der Waals surface area contributed by atoms with Crippen LogP contribution in [0.15, 0.2) is 28.5 Å². The molecule has 0 unspecified atom stereocenters. The molecule has 0 aliphatic heterocycles. The molecule has 106 valence electrons. The smallest absolute Gasteiger partial charge is 0.275 e. The summed E-state index contributed by atoms with van der Waals surface area (Å²) in [4.78, 5) is 15.8. The van der Waals surface area contributed by atoms with Gasteiger partial charge in [0.25, 0.3) is 5.91 Å². The van der Waals surface area contributed by atoms with Gasteiger partial charge in [0, 0.05) is 5.38 Å². The first kappa shape index (κ1) is 14.9. The SMILES string of the molecule is Cc1nc(C(=O)Nc2ccc(S(N)(=O)=O)cc2Cl)cs1. The lowest BCUT2D eigenvalue weighted by Gasteiger charge is -2.07. The van der Waals surface area contributed by atoms with Crippen molar-refractivity contribution >= 4 is 44.6 Å². The van der Waals surface area contributed by atoms with Gasteiger partial charge in [0.1, 0.15) is 5.69 Å². The molecule has 2 aromatic rings. The van der Waals surface area contributed by atoms with Gasteiger partial charge >= 0.3 is 0 Å². The molecule has 3 N–H and O–H groups in total. The van der Waals surface area contributed by atoms with Gasteiger partial charge in [0.05, 0.1) is 20.6 Å². The first-order chi connectivity index (χ1) is 9.27. The second-order valence-corrected chi connectivity index (χ2v) is 6.92. The number of hydrogen-bond acceptors (Lipinski definition) is 5. The van der Waals surface area contributed by atoms with Gasteiger partial charge in [-0.25, -0.2) is 18.5 Å². The molecule has 1 aromatic heterocycles. The zero-order valence-electron chi connectivity index (χ0n) is 10.3. The van der Waals surface area contributed by atoms with Crippen LogP contribution in [0.4, 0.5) is 5.69 Å². The summed E-state index contributed by atoms with van der Waals surface area (Å²) in [7, 11) is -3.83. The van der Waals surface area contributed by atoms with Crippen molar-refractivity contribution in [2.75, 3.05) is 5.32 Å². The number of nitrogens with two attached hydrogens (primary N) is 1. The van der Waals surface area contributed by atoms with E-state index in [1.807, 2.05) is 0 Å². The summed E-state index contributed by atoms with van der Waals surface area (Å²) in [6.45, 7) is 1.79. The highest BCUT2D eigenvalue weighted by atomic mass is 35.5. The van der Waals surface area contributed by atoms with Crippen LogP contribution in [-0.2, 0) is 10.0 Å². The highest BCUT2D eigenvalue weighted by Gasteiger charge is 2.14. The lowest BCUT2D eigenvalue weighted by atomic mass is 10.3.